The predicted molar refractivity (Wildman–Crippen MR) is 91.5 cm³/mol. The Bertz CT molecular complexity index is 741. The van der Waals surface area contributed by atoms with E-state index in [9.17, 15) is 15.2 Å². The third-order valence-corrected chi connectivity index (χ3v) is 3.50. The zero-order chi connectivity index (χ0) is 18.4. The van der Waals surface area contributed by atoms with Gasteiger partial charge in [-0.15, -0.1) is 0 Å². The summed E-state index contributed by atoms with van der Waals surface area (Å²) < 4.78 is 12.6. The molecule has 134 valence electrons. The molecule has 2 aromatic rings. The highest BCUT2D eigenvalue weighted by atomic mass is 16.5. The van der Waals surface area contributed by atoms with Crippen molar-refractivity contribution < 1.29 is 19.1 Å². The van der Waals surface area contributed by atoms with Gasteiger partial charge in [-0.05, 0) is 25.0 Å². The van der Waals surface area contributed by atoms with Gasteiger partial charge in [0.15, 0.2) is 0 Å². The quantitative estimate of drug-likeness (QED) is 0.762. The molecule has 7 nitrogen and oxygen atoms in total. The standard InChI is InChI=1S/C18H23N3O4/c1-12(2)10-24-11-14(22)9-20-17(23)16-13(3)25-18(15(16)8-19)21-6-4-5-7-21/h4-7,12,14,22H,9-11H2,1-3H3,(H,20,23). The van der Waals surface area contributed by atoms with Gasteiger partial charge >= 0.3 is 0 Å². The number of nitrogens with one attached hydrogen (secondary N) is 1. The fourth-order valence-corrected chi connectivity index (χ4v) is 2.36. The van der Waals surface area contributed by atoms with E-state index in [2.05, 4.69) is 5.32 Å². The second-order valence-electron chi connectivity index (χ2n) is 6.21. The molecule has 0 aromatic carbocycles. The Morgan fingerprint density at radius 3 is 2.68 bits per heavy atom. The van der Waals surface area contributed by atoms with Gasteiger partial charge in [-0.2, -0.15) is 5.26 Å². The highest BCUT2D eigenvalue weighted by Gasteiger charge is 2.24. The van der Waals surface area contributed by atoms with Crippen molar-refractivity contribution in [3.63, 3.8) is 0 Å². The second-order valence-corrected chi connectivity index (χ2v) is 6.21. The van der Waals surface area contributed by atoms with Gasteiger partial charge in [0.2, 0.25) is 5.88 Å². The predicted octanol–water partition coefficient (Wildman–Crippen LogP) is 2.01. The summed E-state index contributed by atoms with van der Waals surface area (Å²) in [5.74, 6) is 0.569. The molecule has 2 heterocycles. The van der Waals surface area contributed by atoms with Crippen LogP contribution < -0.4 is 5.32 Å². The van der Waals surface area contributed by atoms with E-state index in [0.717, 1.165) is 0 Å². The van der Waals surface area contributed by atoms with E-state index in [1.165, 1.54) is 0 Å². The summed E-state index contributed by atoms with van der Waals surface area (Å²) in [5.41, 5.74) is 0.346. The first-order valence-corrected chi connectivity index (χ1v) is 8.14. The fraction of sp³-hybridized carbons (Fsp3) is 0.444. The Balaban J connectivity index is 2.04. The average molecular weight is 345 g/mol. The Labute approximate surface area is 146 Å². The zero-order valence-corrected chi connectivity index (χ0v) is 14.7. The van der Waals surface area contributed by atoms with Gasteiger partial charge in [0.25, 0.3) is 5.91 Å². The Kier molecular flexibility index (Phi) is 6.39. The number of nitrogens with zero attached hydrogens (tertiary/aromatic N) is 2. The fourth-order valence-electron chi connectivity index (χ4n) is 2.36. The Morgan fingerprint density at radius 1 is 1.40 bits per heavy atom. The molecule has 0 aliphatic rings. The third kappa shape index (κ3) is 4.72. The number of amides is 1. The maximum atomic E-state index is 12.4. The number of nitriles is 1. The highest BCUT2D eigenvalue weighted by Crippen LogP contribution is 2.25. The normalized spacial score (nSPS) is 12.2. The number of carbonyl (C=O) groups is 1. The molecule has 0 saturated heterocycles. The van der Waals surface area contributed by atoms with Gasteiger partial charge in [0, 0.05) is 25.5 Å². The van der Waals surface area contributed by atoms with Crippen molar-refractivity contribution >= 4 is 5.91 Å². The molecule has 2 rings (SSSR count). The minimum atomic E-state index is -0.815. The van der Waals surface area contributed by atoms with Crippen molar-refractivity contribution in [3.05, 3.63) is 41.4 Å². The summed E-state index contributed by atoms with van der Waals surface area (Å²) >= 11 is 0. The van der Waals surface area contributed by atoms with Crippen LogP contribution in [0.25, 0.3) is 5.88 Å². The number of aliphatic hydroxyl groups excluding tert-OH is 1. The van der Waals surface area contributed by atoms with Gasteiger partial charge in [-0.3, -0.25) is 9.36 Å². The van der Waals surface area contributed by atoms with E-state index in [1.54, 1.807) is 36.0 Å². The monoisotopic (exact) mass is 345 g/mol. The number of hydrogen-bond acceptors (Lipinski definition) is 5. The molecule has 7 heteroatoms. The second kappa shape index (κ2) is 8.51. The van der Waals surface area contributed by atoms with E-state index < -0.39 is 12.0 Å². The topological polar surface area (TPSA) is 100 Å². The van der Waals surface area contributed by atoms with Crippen molar-refractivity contribution in [2.24, 2.45) is 5.92 Å². The average Bonchev–Trinajstić information content (AvgIpc) is 3.19. The van der Waals surface area contributed by atoms with Crippen molar-refractivity contribution in [1.29, 1.82) is 5.26 Å². The minimum Gasteiger partial charge on any atom is -0.443 e. The Morgan fingerprint density at radius 2 is 2.08 bits per heavy atom. The number of rotatable bonds is 8. The molecule has 2 aromatic heterocycles. The lowest BCUT2D eigenvalue weighted by atomic mass is 10.1. The number of aliphatic hydroxyl groups is 1. The number of furan rings is 1. The number of aromatic nitrogens is 1. The first kappa shape index (κ1) is 18.8. The Hall–Kier alpha value is -2.56. The molecule has 0 aliphatic heterocycles. The molecule has 0 bridgehead atoms. The summed E-state index contributed by atoms with van der Waals surface area (Å²) in [6.45, 7) is 6.38. The van der Waals surface area contributed by atoms with Gasteiger partial charge in [0.1, 0.15) is 23.0 Å². The van der Waals surface area contributed by atoms with Crippen molar-refractivity contribution in [2.75, 3.05) is 19.8 Å². The van der Waals surface area contributed by atoms with Gasteiger partial charge < -0.3 is 19.6 Å². The first-order chi connectivity index (χ1) is 11.9. The number of hydrogen-bond donors (Lipinski definition) is 2. The summed E-state index contributed by atoms with van der Waals surface area (Å²) in [6.07, 6.45) is 2.65. The largest absolute Gasteiger partial charge is 0.443 e. The van der Waals surface area contributed by atoms with Crippen LogP contribution in [0.1, 0.15) is 35.5 Å². The molecule has 1 amide bonds. The van der Waals surface area contributed by atoms with E-state index in [4.69, 9.17) is 9.15 Å². The molecule has 0 radical (unpaired) electrons. The van der Waals surface area contributed by atoms with Crippen LogP contribution in [0.15, 0.2) is 28.9 Å². The lowest BCUT2D eigenvalue weighted by Crippen LogP contribution is -2.35. The molecular formula is C18H23N3O4. The van der Waals surface area contributed by atoms with Crippen LogP contribution in [0.5, 0.6) is 0 Å². The minimum absolute atomic E-state index is 0.0330. The van der Waals surface area contributed by atoms with E-state index in [-0.39, 0.29) is 24.3 Å². The zero-order valence-electron chi connectivity index (χ0n) is 14.7. The van der Waals surface area contributed by atoms with Crippen LogP contribution in [0, 0.1) is 24.2 Å². The molecule has 0 spiro atoms. The van der Waals surface area contributed by atoms with Crippen molar-refractivity contribution in [2.45, 2.75) is 26.9 Å². The lowest BCUT2D eigenvalue weighted by Gasteiger charge is -2.13. The number of carbonyl (C=O) groups excluding carboxylic acids is 1. The summed E-state index contributed by atoms with van der Waals surface area (Å²) in [7, 11) is 0. The van der Waals surface area contributed by atoms with Crippen LogP contribution in [0.3, 0.4) is 0 Å². The van der Waals surface area contributed by atoms with Crippen LogP contribution >= 0.6 is 0 Å². The maximum Gasteiger partial charge on any atom is 0.256 e. The molecule has 1 unspecified atom stereocenters. The van der Waals surface area contributed by atoms with Crippen molar-refractivity contribution in [3.8, 4) is 12.0 Å². The van der Waals surface area contributed by atoms with Crippen LogP contribution in [0.4, 0.5) is 0 Å². The summed E-state index contributed by atoms with van der Waals surface area (Å²) in [6, 6.07) is 5.62. The van der Waals surface area contributed by atoms with Gasteiger partial charge in [-0.1, -0.05) is 13.8 Å². The van der Waals surface area contributed by atoms with E-state index in [0.29, 0.717) is 24.2 Å². The highest BCUT2D eigenvalue weighted by molar-refractivity contribution is 5.98. The maximum absolute atomic E-state index is 12.4. The van der Waals surface area contributed by atoms with Crippen molar-refractivity contribution in [1.82, 2.24) is 9.88 Å². The molecule has 25 heavy (non-hydrogen) atoms. The van der Waals surface area contributed by atoms with Crippen LogP contribution in [-0.2, 0) is 4.74 Å². The summed E-state index contributed by atoms with van der Waals surface area (Å²) in [4.78, 5) is 12.4. The molecule has 0 fully saturated rings. The number of ether oxygens (including phenoxy) is 1. The van der Waals surface area contributed by atoms with Crippen LogP contribution in [0.2, 0.25) is 0 Å². The number of aryl methyl sites for hydroxylation is 1. The first-order valence-electron chi connectivity index (χ1n) is 8.14. The van der Waals surface area contributed by atoms with E-state index in [1.807, 2.05) is 19.9 Å². The smallest absolute Gasteiger partial charge is 0.256 e. The molecular weight excluding hydrogens is 322 g/mol. The van der Waals surface area contributed by atoms with Gasteiger partial charge in [-0.25, -0.2) is 0 Å². The lowest BCUT2D eigenvalue weighted by molar-refractivity contribution is 0.0259. The molecule has 0 aliphatic carbocycles. The van der Waals surface area contributed by atoms with Crippen LogP contribution in [-0.4, -0.2) is 41.4 Å². The third-order valence-electron chi connectivity index (χ3n) is 3.50. The molecule has 1 atom stereocenters. The summed E-state index contributed by atoms with van der Waals surface area (Å²) in [5, 5.41) is 21.9. The molecule has 2 N–H and O–H groups in total. The van der Waals surface area contributed by atoms with Gasteiger partial charge in [0.05, 0.1) is 12.7 Å². The SMILES string of the molecule is Cc1oc(-n2cccc2)c(C#N)c1C(=O)NCC(O)COCC(C)C. The van der Waals surface area contributed by atoms with E-state index >= 15 is 0 Å². The molecule has 0 saturated carbocycles.